The average Bonchev–Trinajstić information content (AvgIpc) is 2.98. The normalized spacial score (nSPS) is 24.5. The third-order valence-corrected chi connectivity index (χ3v) is 5.12. The Labute approximate surface area is 158 Å². The van der Waals surface area contributed by atoms with Gasteiger partial charge in [-0.25, -0.2) is 0 Å². The molecule has 0 bridgehead atoms. The van der Waals surface area contributed by atoms with Crippen molar-refractivity contribution < 1.29 is 14.9 Å². The summed E-state index contributed by atoms with van der Waals surface area (Å²) in [4.78, 5) is 0. The van der Waals surface area contributed by atoms with Gasteiger partial charge < -0.3 is 14.9 Å². The molecule has 0 aliphatic heterocycles. The predicted octanol–water partition coefficient (Wildman–Crippen LogP) is 4.81. The summed E-state index contributed by atoms with van der Waals surface area (Å²) < 4.78 is 5.64. The fourth-order valence-corrected chi connectivity index (χ4v) is 3.55. The van der Waals surface area contributed by atoms with Crippen LogP contribution in [0.1, 0.15) is 51.0 Å². The van der Waals surface area contributed by atoms with Gasteiger partial charge in [0, 0.05) is 5.92 Å². The molecule has 1 saturated carbocycles. The van der Waals surface area contributed by atoms with Gasteiger partial charge in [-0.2, -0.15) is 0 Å². The predicted molar refractivity (Wildman–Crippen MR) is 107 cm³/mol. The van der Waals surface area contributed by atoms with Gasteiger partial charge in [0.1, 0.15) is 18.5 Å². The molecule has 4 atom stereocenters. The molecule has 0 radical (unpaired) electrons. The highest BCUT2D eigenvalue weighted by Crippen LogP contribution is 2.35. The summed E-state index contributed by atoms with van der Waals surface area (Å²) in [6, 6.07) is 7.81. The molecular weight excluding hydrogens is 324 g/mol. The van der Waals surface area contributed by atoms with Crippen molar-refractivity contribution in [2.75, 3.05) is 6.61 Å². The highest BCUT2D eigenvalue weighted by atomic mass is 16.5. The number of allylic oxidation sites excluding steroid dienone is 2. The van der Waals surface area contributed by atoms with Gasteiger partial charge in [-0.15, -0.1) is 0 Å². The lowest BCUT2D eigenvalue weighted by Crippen LogP contribution is -2.19. The summed E-state index contributed by atoms with van der Waals surface area (Å²) in [7, 11) is 0. The lowest BCUT2D eigenvalue weighted by Gasteiger charge is -2.18. The molecule has 1 fully saturated rings. The van der Waals surface area contributed by atoms with Gasteiger partial charge in [0.05, 0.1) is 6.10 Å². The smallest absolute Gasteiger partial charge is 0.119 e. The van der Waals surface area contributed by atoms with Gasteiger partial charge in [-0.1, -0.05) is 56.2 Å². The van der Waals surface area contributed by atoms with E-state index in [1.54, 1.807) is 6.08 Å². The van der Waals surface area contributed by atoms with Gasteiger partial charge in [-0.3, -0.25) is 0 Å². The van der Waals surface area contributed by atoms with E-state index in [1.165, 1.54) is 12.8 Å². The molecule has 1 aliphatic rings. The third kappa shape index (κ3) is 6.97. The summed E-state index contributed by atoms with van der Waals surface area (Å²) in [5, 5.41) is 20.4. The Balaban J connectivity index is 1.80. The van der Waals surface area contributed by atoms with Crippen LogP contribution in [0.25, 0.3) is 0 Å². The van der Waals surface area contributed by atoms with Crippen LogP contribution in [-0.4, -0.2) is 29.0 Å². The van der Waals surface area contributed by atoms with Gasteiger partial charge >= 0.3 is 0 Å². The topological polar surface area (TPSA) is 49.7 Å². The first-order valence-corrected chi connectivity index (χ1v) is 9.99. The van der Waals surface area contributed by atoms with Gasteiger partial charge in [-0.05, 0) is 56.2 Å². The lowest BCUT2D eigenvalue weighted by atomic mass is 9.91. The van der Waals surface area contributed by atoms with E-state index in [0.717, 1.165) is 37.0 Å². The van der Waals surface area contributed by atoms with Crippen LogP contribution in [0, 0.1) is 18.8 Å². The van der Waals surface area contributed by atoms with Gasteiger partial charge in [0.25, 0.3) is 0 Å². The zero-order chi connectivity index (χ0) is 18.8. The molecule has 0 aromatic heterocycles. The molecule has 0 spiro atoms. The minimum Gasteiger partial charge on any atom is -0.491 e. The Bertz CT molecular complexity index is 579. The molecule has 1 aliphatic carbocycles. The summed E-state index contributed by atoms with van der Waals surface area (Å²) >= 11 is 0. The number of hydrogen-bond donors (Lipinski definition) is 2. The summed E-state index contributed by atoms with van der Waals surface area (Å²) in [6.07, 6.45) is 13.8. The molecule has 0 amide bonds. The molecule has 1 aromatic carbocycles. The maximum absolute atomic E-state index is 10.3. The number of benzene rings is 1. The van der Waals surface area contributed by atoms with Crippen molar-refractivity contribution in [1.82, 2.24) is 0 Å². The molecule has 3 nitrogen and oxygen atoms in total. The number of aliphatic hydroxyl groups is 2. The molecular formula is C23H34O3. The monoisotopic (exact) mass is 358 g/mol. The first-order valence-electron chi connectivity index (χ1n) is 9.99. The Hall–Kier alpha value is -1.58. The molecule has 3 heteroatoms. The van der Waals surface area contributed by atoms with Crippen LogP contribution in [0.5, 0.6) is 5.75 Å². The Morgan fingerprint density at radius 1 is 1.27 bits per heavy atom. The molecule has 0 heterocycles. The second kappa shape index (κ2) is 11.2. The van der Waals surface area contributed by atoms with Crippen LogP contribution in [0.4, 0.5) is 0 Å². The summed E-state index contributed by atoms with van der Waals surface area (Å²) in [5.74, 6) is 1.36. The highest BCUT2D eigenvalue weighted by molar-refractivity contribution is 5.27. The largest absolute Gasteiger partial charge is 0.491 e. The van der Waals surface area contributed by atoms with Crippen LogP contribution in [0.3, 0.4) is 0 Å². The lowest BCUT2D eigenvalue weighted by molar-refractivity contribution is 0.133. The van der Waals surface area contributed by atoms with Crippen molar-refractivity contribution in [2.45, 2.75) is 64.6 Å². The number of unbranched alkanes of at least 4 members (excludes halogenated alkanes) is 2. The van der Waals surface area contributed by atoms with Crippen LogP contribution in [-0.2, 0) is 0 Å². The number of hydrogen-bond acceptors (Lipinski definition) is 3. The fraction of sp³-hybridized carbons (Fsp3) is 0.565. The van der Waals surface area contributed by atoms with Crippen molar-refractivity contribution >= 4 is 0 Å². The van der Waals surface area contributed by atoms with Crippen molar-refractivity contribution in [3.05, 3.63) is 54.1 Å². The van der Waals surface area contributed by atoms with E-state index >= 15 is 0 Å². The second-order valence-electron chi connectivity index (χ2n) is 7.41. The zero-order valence-electron chi connectivity index (χ0n) is 16.2. The Kier molecular flexibility index (Phi) is 8.93. The Morgan fingerprint density at radius 3 is 2.88 bits per heavy atom. The van der Waals surface area contributed by atoms with E-state index < -0.39 is 6.10 Å². The number of ether oxygens (including phenoxy) is 1. The van der Waals surface area contributed by atoms with Crippen molar-refractivity contribution in [3.63, 3.8) is 0 Å². The molecule has 26 heavy (non-hydrogen) atoms. The third-order valence-electron chi connectivity index (χ3n) is 5.12. The van der Waals surface area contributed by atoms with Crippen LogP contribution < -0.4 is 4.74 Å². The highest BCUT2D eigenvalue weighted by Gasteiger charge is 2.32. The van der Waals surface area contributed by atoms with E-state index in [0.29, 0.717) is 5.92 Å². The molecule has 1 aromatic rings. The molecule has 2 rings (SSSR count). The number of rotatable bonds is 10. The molecule has 0 saturated heterocycles. The summed E-state index contributed by atoms with van der Waals surface area (Å²) in [5.41, 5.74) is 1.14. The average molecular weight is 359 g/mol. The van der Waals surface area contributed by atoms with Gasteiger partial charge in [0.15, 0.2) is 0 Å². The van der Waals surface area contributed by atoms with E-state index in [4.69, 9.17) is 4.74 Å². The van der Waals surface area contributed by atoms with Crippen LogP contribution in [0.15, 0.2) is 48.6 Å². The van der Waals surface area contributed by atoms with Crippen molar-refractivity contribution in [1.29, 1.82) is 0 Å². The first-order chi connectivity index (χ1) is 12.6. The quantitative estimate of drug-likeness (QED) is 0.466. The zero-order valence-corrected chi connectivity index (χ0v) is 16.2. The van der Waals surface area contributed by atoms with E-state index in [-0.39, 0.29) is 18.6 Å². The van der Waals surface area contributed by atoms with Crippen molar-refractivity contribution in [3.8, 4) is 5.75 Å². The maximum Gasteiger partial charge on any atom is 0.119 e. The number of aliphatic hydroxyl groups excluding tert-OH is 2. The molecule has 2 N–H and O–H groups in total. The first kappa shape index (κ1) is 20.7. The van der Waals surface area contributed by atoms with Crippen LogP contribution in [0.2, 0.25) is 0 Å². The molecule has 4 unspecified atom stereocenters. The van der Waals surface area contributed by atoms with Crippen molar-refractivity contribution in [2.24, 2.45) is 11.8 Å². The minimum atomic E-state index is -0.663. The van der Waals surface area contributed by atoms with E-state index in [2.05, 4.69) is 19.1 Å². The number of aryl methyl sites for hydroxylation is 1. The maximum atomic E-state index is 10.3. The van der Waals surface area contributed by atoms with E-state index in [9.17, 15) is 10.2 Å². The summed E-state index contributed by atoms with van der Waals surface area (Å²) in [6.45, 7) is 4.45. The van der Waals surface area contributed by atoms with E-state index in [1.807, 2.05) is 37.3 Å². The standard InChI is InChI=1S/C23H34O3/c1-3-4-5-6-7-10-19-12-15-23(25)22(19)14-13-20(24)17-26-21-11-8-9-18(2)16-21/h6-9,11,13-14,16,19-20,22-25H,3-5,10,12,15,17H2,1-2H3/b7-6-,14-13+. The van der Waals surface area contributed by atoms with Gasteiger partial charge in [0.2, 0.25) is 0 Å². The fourth-order valence-electron chi connectivity index (χ4n) is 3.55. The Morgan fingerprint density at radius 2 is 2.12 bits per heavy atom. The SMILES string of the molecule is CCCC/C=C\CC1CCC(O)C1/C=C/C(O)COc1cccc(C)c1. The second-order valence-corrected chi connectivity index (χ2v) is 7.41. The van der Waals surface area contributed by atoms with Crippen LogP contribution >= 0.6 is 0 Å². The molecule has 144 valence electrons. The minimum absolute atomic E-state index is 0.124.